The molecule has 0 amide bonds. The van der Waals surface area contributed by atoms with E-state index in [1.54, 1.807) is 0 Å². The number of aliphatic hydroxyl groups excluding tert-OH is 2. The Morgan fingerprint density at radius 3 is 2.33 bits per heavy atom. The number of rotatable bonds is 3. The summed E-state index contributed by atoms with van der Waals surface area (Å²) < 4.78 is 0. The van der Waals surface area contributed by atoms with Crippen molar-refractivity contribution in [2.45, 2.75) is 44.2 Å². The van der Waals surface area contributed by atoms with E-state index in [0.717, 1.165) is 12.8 Å². The van der Waals surface area contributed by atoms with Crippen molar-refractivity contribution >= 4 is 0 Å². The lowest BCUT2D eigenvalue weighted by Crippen LogP contribution is -2.43. The molecule has 0 aromatic rings. The molecule has 1 fully saturated rings. The molecular weight excluding hydrogens is 154 g/mol. The van der Waals surface area contributed by atoms with Crippen molar-refractivity contribution in [1.29, 1.82) is 0 Å². The summed E-state index contributed by atoms with van der Waals surface area (Å²) in [7, 11) is 0. The molecule has 0 heterocycles. The monoisotopic (exact) mass is 173 g/mol. The van der Waals surface area contributed by atoms with Gasteiger partial charge >= 0.3 is 0 Å². The molecular formula is C9H19NO2. The van der Waals surface area contributed by atoms with Gasteiger partial charge in [-0.3, -0.25) is 0 Å². The number of hydrogen-bond acceptors (Lipinski definition) is 3. The van der Waals surface area contributed by atoms with Gasteiger partial charge in [0, 0.05) is 0 Å². The Hall–Kier alpha value is -0.120. The molecule has 0 saturated heterocycles. The maximum Gasteiger partial charge on any atom is 0.0741 e. The molecule has 0 radical (unpaired) electrons. The summed E-state index contributed by atoms with van der Waals surface area (Å²) >= 11 is 0. The van der Waals surface area contributed by atoms with Crippen LogP contribution in [0.2, 0.25) is 0 Å². The lowest BCUT2D eigenvalue weighted by atomic mass is 9.83. The van der Waals surface area contributed by atoms with Crippen molar-refractivity contribution in [3.63, 3.8) is 0 Å². The number of aliphatic hydroxyl groups is 2. The topological polar surface area (TPSA) is 66.5 Å². The Balaban J connectivity index is 2.33. The molecule has 1 saturated carbocycles. The van der Waals surface area contributed by atoms with Gasteiger partial charge in [-0.2, -0.15) is 0 Å². The fourth-order valence-electron chi connectivity index (χ4n) is 1.93. The van der Waals surface area contributed by atoms with Crippen LogP contribution in [0.3, 0.4) is 0 Å². The smallest absolute Gasteiger partial charge is 0.0741 e. The van der Waals surface area contributed by atoms with Crippen molar-refractivity contribution < 1.29 is 10.2 Å². The van der Waals surface area contributed by atoms with Crippen molar-refractivity contribution in [1.82, 2.24) is 0 Å². The maximum absolute atomic E-state index is 9.66. The molecule has 1 rings (SSSR count). The minimum Gasteiger partial charge on any atom is -0.395 e. The second-order valence-corrected chi connectivity index (χ2v) is 3.74. The fraction of sp³-hybridized carbons (Fsp3) is 1.00. The van der Waals surface area contributed by atoms with Gasteiger partial charge in [0.05, 0.1) is 18.8 Å². The quantitative estimate of drug-likeness (QED) is 0.573. The van der Waals surface area contributed by atoms with E-state index in [1.807, 2.05) is 0 Å². The van der Waals surface area contributed by atoms with Crippen LogP contribution < -0.4 is 5.73 Å². The molecule has 1 aliphatic rings. The highest BCUT2D eigenvalue weighted by Crippen LogP contribution is 2.27. The third kappa shape index (κ3) is 2.44. The van der Waals surface area contributed by atoms with Crippen LogP contribution in [0.5, 0.6) is 0 Å². The Morgan fingerprint density at radius 1 is 1.25 bits per heavy atom. The summed E-state index contributed by atoms with van der Waals surface area (Å²) in [5.41, 5.74) is 5.55. The van der Waals surface area contributed by atoms with Crippen molar-refractivity contribution in [2.75, 3.05) is 6.61 Å². The summed E-state index contributed by atoms with van der Waals surface area (Å²) in [5, 5.41) is 18.4. The van der Waals surface area contributed by atoms with Gasteiger partial charge in [-0.25, -0.2) is 0 Å². The van der Waals surface area contributed by atoms with Gasteiger partial charge < -0.3 is 15.9 Å². The van der Waals surface area contributed by atoms with Crippen LogP contribution in [-0.2, 0) is 0 Å². The molecule has 72 valence electrons. The molecule has 2 atom stereocenters. The molecule has 12 heavy (non-hydrogen) atoms. The lowest BCUT2D eigenvalue weighted by Gasteiger charge is -2.29. The molecule has 0 bridgehead atoms. The van der Waals surface area contributed by atoms with Gasteiger partial charge in [0.2, 0.25) is 0 Å². The fourth-order valence-corrected chi connectivity index (χ4v) is 1.93. The molecule has 3 heteroatoms. The molecule has 3 nitrogen and oxygen atoms in total. The predicted molar refractivity (Wildman–Crippen MR) is 47.6 cm³/mol. The Labute approximate surface area is 73.6 Å². The molecule has 4 N–H and O–H groups in total. The van der Waals surface area contributed by atoms with E-state index >= 15 is 0 Å². The van der Waals surface area contributed by atoms with Gasteiger partial charge in [-0.1, -0.05) is 19.3 Å². The maximum atomic E-state index is 9.66. The average Bonchev–Trinajstić information content (AvgIpc) is 2.17. The largest absolute Gasteiger partial charge is 0.395 e. The van der Waals surface area contributed by atoms with Gasteiger partial charge in [-0.05, 0) is 18.8 Å². The second kappa shape index (κ2) is 4.80. The minimum atomic E-state index is -0.504. The van der Waals surface area contributed by atoms with Crippen LogP contribution in [0.1, 0.15) is 32.1 Å². The predicted octanol–water partition coefficient (Wildman–Crippen LogP) is 0.247. The van der Waals surface area contributed by atoms with Crippen LogP contribution in [0.4, 0.5) is 0 Å². The standard InChI is InChI=1S/C9H19NO2/c10-8(6-11)9(12)7-4-2-1-3-5-7/h7-9,11-12H,1-6,10H2/t8-,9+/m1/s1. The summed E-state index contributed by atoms with van der Waals surface area (Å²) in [6.07, 6.45) is 5.29. The first-order valence-corrected chi connectivity index (χ1v) is 4.80. The van der Waals surface area contributed by atoms with Crippen molar-refractivity contribution in [3.05, 3.63) is 0 Å². The zero-order valence-electron chi connectivity index (χ0n) is 7.45. The summed E-state index contributed by atoms with van der Waals surface area (Å²) in [6, 6.07) is -0.451. The molecule has 0 spiro atoms. The molecule has 0 aromatic heterocycles. The minimum absolute atomic E-state index is 0.113. The summed E-state index contributed by atoms with van der Waals surface area (Å²) in [5.74, 6) is 0.320. The van der Waals surface area contributed by atoms with Crippen LogP contribution in [0.25, 0.3) is 0 Å². The summed E-state index contributed by atoms with van der Waals surface area (Å²) in [6.45, 7) is -0.113. The Morgan fingerprint density at radius 2 is 1.83 bits per heavy atom. The van der Waals surface area contributed by atoms with E-state index < -0.39 is 12.1 Å². The van der Waals surface area contributed by atoms with E-state index in [4.69, 9.17) is 10.8 Å². The van der Waals surface area contributed by atoms with E-state index in [9.17, 15) is 5.11 Å². The third-order valence-electron chi connectivity index (χ3n) is 2.78. The summed E-state index contributed by atoms with van der Waals surface area (Å²) in [4.78, 5) is 0. The molecule has 1 aliphatic carbocycles. The Kier molecular flexibility index (Phi) is 3.98. The van der Waals surface area contributed by atoms with Crippen LogP contribution in [0, 0.1) is 5.92 Å². The van der Waals surface area contributed by atoms with Gasteiger partial charge in [0.25, 0.3) is 0 Å². The molecule has 0 aliphatic heterocycles. The molecule has 0 aromatic carbocycles. The first-order valence-electron chi connectivity index (χ1n) is 4.80. The van der Waals surface area contributed by atoms with Crippen LogP contribution >= 0.6 is 0 Å². The highest BCUT2D eigenvalue weighted by Gasteiger charge is 2.25. The van der Waals surface area contributed by atoms with E-state index in [1.165, 1.54) is 19.3 Å². The second-order valence-electron chi connectivity index (χ2n) is 3.74. The van der Waals surface area contributed by atoms with Crippen LogP contribution in [0.15, 0.2) is 0 Å². The Bertz CT molecular complexity index is 124. The van der Waals surface area contributed by atoms with Crippen molar-refractivity contribution in [2.24, 2.45) is 11.7 Å². The van der Waals surface area contributed by atoms with E-state index in [2.05, 4.69) is 0 Å². The number of nitrogens with two attached hydrogens (primary N) is 1. The van der Waals surface area contributed by atoms with Crippen molar-refractivity contribution in [3.8, 4) is 0 Å². The lowest BCUT2D eigenvalue weighted by molar-refractivity contribution is 0.0428. The molecule has 0 unspecified atom stereocenters. The first kappa shape index (κ1) is 9.96. The zero-order chi connectivity index (χ0) is 8.97. The van der Waals surface area contributed by atoms with Gasteiger partial charge in [0.15, 0.2) is 0 Å². The van der Waals surface area contributed by atoms with E-state index in [0.29, 0.717) is 5.92 Å². The highest BCUT2D eigenvalue weighted by molar-refractivity contribution is 4.80. The third-order valence-corrected chi connectivity index (χ3v) is 2.78. The number of hydrogen-bond donors (Lipinski definition) is 3. The van der Waals surface area contributed by atoms with E-state index in [-0.39, 0.29) is 6.61 Å². The average molecular weight is 173 g/mol. The first-order chi connectivity index (χ1) is 5.75. The van der Waals surface area contributed by atoms with Gasteiger partial charge in [-0.15, -0.1) is 0 Å². The zero-order valence-corrected chi connectivity index (χ0v) is 7.45. The SMILES string of the molecule is N[C@H](CO)[C@@H](O)C1CCCCC1. The van der Waals surface area contributed by atoms with Crippen LogP contribution in [-0.4, -0.2) is 29.0 Å². The highest BCUT2D eigenvalue weighted by atomic mass is 16.3. The normalized spacial score (nSPS) is 25.2. The van der Waals surface area contributed by atoms with Gasteiger partial charge in [0.1, 0.15) is 0 Å².